The van der Waals surface area contributed by atoms with E-state index in [9.17, 15) is 14.9 Å². The fraction of sp³-hybridized carbons (Fsp3) is 0.364. The molecular weight excluding hydrogens is 412 g/mol. The summed E-state index contributed by atoms with van der Waals surface area (Å²) in [6, 6.07) is 15.2. The molecule has 2 aromatic carbocycles. The number of hydrogen-bond donors (Lipinski definition) is 1. The molecule has 0 heterocycles. The van der Waals surface area contributed by atoms with Gasteiger partial charge in [-0.05, 0) is 42.8 Å². The smallest absolute Gasteiger partial charge is 0.407 e. The molecule has 0 aliphatic carbocycles. The van der Waals surface area contributed by atoms with Crippen LogP contribution in [-0.2, 0) is 4.74 Å². The van der Waals surface area contributed by atoms with Gasteiger partial charge in [-0.25, -0.2) is 4.79 Å². The number of amides is 1. The molecule has 0 aromatic heterocycles. The van der Waals surface area contributed by atoms with Crippen molar-refractivity contribution in [2.75, 3.05) is 31.1 Å². The molecule has 0 saturated carbocycles. The third kappa shape index (κ3) is 8.39. The van der Waals surface area contributed by atoms with E-state index in [4.69, 9.17) is 10.00 Å². The van der Waals surface area contributed by atoms with Crippen molar-refractivity contribution in [3.05, 3.63) is 58.6 Å². The number of azo groups is 1. The lowest BCUT2D eigenvalue weighted by molar-refractivity contribution is -0.384. The zero-order valence-corrected chi connectivity index (χ0v) is 17.9. The summed E-state index contributed by atoms with van der Waals surface area (Å²) in [4.78, 5) is 23.9. The first-order valence-electron chi connectivity index (χ1n) is 10.3. The Hall–Kier alpha value is -4.00. The minimum atomic E-state index is -0.471. The van der Waals surface area contributed by atoms with E-state index in [1.807, 2.05) is 24.0 Å². The van der Waals surface area contributed by atoms with E-state index in [0.717, 1.165) is 18.5 Å². The molecule has 0 atom stereocenters. The molecular formula is C22H26N6O4. The van der Waals surface area contributed by atoms with Crippen molar-refractivity contribution in [2.24, 2.45) is 10.2 Å². The summed E-state index contributed by atoms with van der Waals surface area (Å²) in [5, 5.41) is 30.5. The second-order valence-corrected chi connectivity index (χ2v) is 6.80. The van der Waals surface area contributed by atoms with Gasteiger partial charge < -0.3 is 15.0 Å². The van der Waals surface area contributed by atoms with Gasteiger partial charge in [0.05, 0.1) is 35.3 Å². The number of ether oxygens (including phenoxy) is 1. The van der Waals surface area contributed by atoms with Crippen molar-refractivity contribution < 1.29 is 14.5 Å². The number of nitro benzene ring substituents is 1. The second-order valence-electron chi connectivity index (χ2n) is 6.80. The normalized spacial score (nSPS) is 10.5. The number of alkyl carbamates (subject to hydrolysis) is 1. The first-order chi connectivity index (χ1) is 15.5. The molecule has 0 aliphatic rings. The molecule has 1 N–H and O–H groups in total. The summed E-state index contributed by atoms with van der Waals surface area (Å²) in [6.45, 7) is 3.78. The van der Waals surface area contributed by atoms with Crippen LogP contribution in [0.5, 0.6) is 0 Å². The molecule has 1 amide bonds. The Kier molecular flexibility index (Phi) is 10.1. The fourth-order valence-electron chi connectivity index (χ4n) is 2.71. The summed E-state index contributed by atoms with van der Waals surface area (Å²) < 4.78 is 5.20. The molecule has 0 saturated heterocycles. The van der Waals surface area contributed by atoms with Crippen LogP contribution < -0.4 is 10.2 Å². The number of non-ortho nitro benzene ring substituents is 1. The quantitative estimate of drug-likeness (QED) is 0.208. The molecule has 2 aromatic rings. The van der Waals surface area contributed by atoms with Crippen LogP contribution in [0.4, 0.5) is 27.5 Å². The number of anilines is 1. The van der Waals surface area contributed by atoms with Gasteiger partial charge in [-0.3, -0.25) is 10.1 Å². The molecule has 0 spiro atoms. The molecule has 0 aliphatic heterocycles. The number of nitrogens with one attached hydrogen (secondary N) is 1. The monoisotopic (exact) mass is 438 g/mol. The van der Waals surface area contributed by atoms with E-state index in [0.29, 0.717) is 37.4 Å². The van der Waals surface area contributed by atoms with E-state index >= 15 is 0 Å². The van der Waals surface area contributed by atoms with E-state index in [1.165, 1.54) is 24.3 Å². The van der Waals surface area contributed by atoms with Gasteiger partial charge >= 0.3 is 6.09 Å². The number of carbonyl (C=O) groups excluding carboxylic acids is 1. The van der Waals surface area contributed by atoms with Crippen LogP contribution in [0, 0.1) is 21.4 Å². The average molecular weight is 438 g/mol. The van der Waals surface area contributed by atoms with Gasteiger partial charge in [0.15, 0.2) is 0 Å². The SMILES string of the molecule is CCCCNC(=O)OCCN(CCC#N)c1ccc(N=Nc2ccc([N+](=O)[O-])cc2)cc1. The molecule has 32 heavy (non-hydrogen) atoms. The van der Waals surface area contributed by atoms with Crippen LogP contribution in [0.2, 0.25) is 0 Å². The predicted molar refractivity (Wildman–Crippen MR) is 120 cm³/mol. The zero-order chi connectivity index (χ0) is 23.2. The third-order valence-corrected chi connectivity index (χ3v) is 4.44. The van der Waals surface area contributed by atoms with Gasteiger partial charge in [-0.1, -0.05) is 13.3 Å². The summed E-state index contributed by atoms with van der Waals surface area (Å²) in [6.07, 6.45) is 1.79. The molecule has 0 bridgehead atoms. The number of unbranched alkanes of at least 4 members (excludes halogenated alkanes) is 1. The molecule has 10 heteroatoms. The van der Waals surface area contributed by atoms with E-state index in [1.54, 1.807) is 12.1 Å². The number of nitriles is 1. The van der Waals surface area contributed by atoms with Crippen molar-refractivity contribution in [1.82, 2.24) is 5.32 Å². The number of carbonyl (C=O) groups is 1. The highest BCUT2D eigenvalue weighted by molar-refractivity contribution is 5.67. The summed E-state index contributed by atoms with van der Waals surface area (Å²) in [7, 11) is 0. The highest BCUT2D eigenvalue weighted by Gasteiger charge is 2.09. The van der Waals surface area contributed by atoms with Gasteiger partial charge in [-0.15, -0.1) is 0 Å². The van der Waals surface area contributed by atoms with Crippen molar-refractivity contribution >= 4 is 28.8 Å². The third-order valence-electron chi connectivity index (χ3n) is 4.44. The molecule has 2 rings (SSSR count). The van der Waals surface area contributed by atoms with Crippen molar-refractivity contribution in [3.8, 4) is 6.07 Å². The van der Waals surface area contributed by atoms with Crippen molar-refractivity contribution in [1.29, 1.82) is 5.26 Å². The van der Waals surface area contributed by atoms with Gasteiger partial charge in [0.2, 0.25) is 0 Å². The second kappa shape index (κ2) is 13.3. The maximum absolute atomic E-state index is 11.7. The number of benzene rings is 2. The summed E-state index contributed by atoms with van der Waals surface area (Å²) >= 11 is 0. The first kappa shape index (κ1) is 24.3. The van der Waals surface area contributed by atoms with Crippen molar-refractivity contribution in [2.45, 2.75) is 26.2 Å². The number of nitro groups is 1. The Balaban J connectivity index is 1.94. The van der Waals surface area contributed by atoms with Crippen LogP contribution in [0.25, 0.3) is 0 Å². The van der Waals surface area contributed by atoms with Gasteiger partial charge in [0, 0.05) is 30.9 Å². The summed E-state index contributed by atoms with van der Waals surface area (Å²) in [5.74, 6) is 0. The van der Waals surface area contributed by atoms with Gasteiger partial charge in [-0.2, -0.15) is 15.5 Å². The van der Waals surface area contributed by atoms with E-state index in [2.05, 4.69) is 21.6 Å². The van der Waals surface area contributed by atoms with Crippen molar-refractivity contribution in [3.63, 3.8) is 0 Å². The molecule has 10 nitrogen and oxygen atoms in total. The Morgan fingerprint density at radius 1 is 1.12 bits per heavy atom. The van der Waals surface area contributed by atoms with Gasteiger partial charge in [0.25, 0.3) is 5.69 Å². The lowest BCUT2D eigenvalue weighted by Gasteiger charge is -2.23. The zero-order valence-electron chi connectivity index (χ0n) is 17.9. The minimum absolute atomic E-state index is 0.00631. The fourth-order valence-corrected chi connectivity index (χ4v) is 2.71. The Labute approximate surface area is 186 Å². The number of hydrogen-bond acceptors (Lipinski definition) is 8. The van der Waals surface area contributed by atoms with E-state index in [-0.39, 0.29) is 12.3 Å². The molecule has 168 valence electrons. The lowest BCUT2D eigenvalue weighted by Crippen LogP contribution is -2.32. The van der Waals surface area contributed by atoms with Crippen LogP contribution in [0.1, 0.15) is 26.2 Å². The van der Waals surface area contributed by atoms with E-state index < -0.39 is 11.0 Å². The highest BCUT2D eigenvalue weighted by atomic mass is 16.6. The number of rotatable bonds is 12. The largest absolute Gasteiger partial charge is 0.448 e. The topological polar surface area (TPSA) is 133 Å². The van der Waals surface area contributed by atoms with Gasteiger partial charge in [0.1, 0.15) is 6.61 Å². The predicted octanol–water partition coefficient (Wildman–Crippen LogP) is 5.26. The Morgan fingerprint density at radius 3 is 2.31 bits per heavy atom. The Morgan fingerprint density at radius 2 is 1.75 bits per heavy atom. The molecule has 0 fully saturated rings. The standard InChI is InChI=1S/C22H26N6O4/c1-2-3-14-24-22(29)32-17-16-27(15-4-13-23)20-9-5-18(6-10-20)25-26-19-7-11-21(12-8-19)28(30)31/h5-12H,2-4,14-17H2,1H3,(H,24,29). The lowest BCUT2D eigenvalue weighted by atomic mass is 10.2. The van der Waals surface area contributed by atoms with Crippen LogP contribution in [0.15, 0.2) is 58.8 Å². The molecule has 0 unspecified atom stereocenters. The minimum Gasteiger partial charge on any atom is -0.448 e. The average Bonchev–Trinajstić information content (AvgIpc) is 2.81. The Bertz CT molecular complexity index is 938. The van der Waals surface area contributed by atoms with Crippen LogP contribution in [-0.4, -0.2) is 37.3 Å². The maximum Gasteiger partial charge on any atom is 0.407 e. The number of nitrogens with zero attached hydrogens (tertiary/aromatic N) is 5. The summed E-state index contributed by atoms with van der Waals surface area (Å²) in [5.41, 5.74) is 1.97. The first-order valence-corrected chi connectivity index (χ1v) is 10.3. The highest BCUT2D eigenvalue weighted by Crippen LogP contribution is 2.23. The van der Waals surface area contributed by atoms with Crippen LogP contribution >= 0.6 is 0 Å². The maximum atomic E-state index is 11.7. The molecule has 0 radical (unpaired) electrons. The van der Waals surface area contributed by atoms with Crippen LogP contribution in [0.3, 0.4) is 0 Å².